The van der Waals surface area contributed by atoms with Crippen molar-refractivity contribution in [1.82, 2.24) is 0 Å². The van der Waals surface area contributed by atoms with Gasteiger partial charge in [-0.15, -0.1) is 0 Å². The monoisotopic (exact) mass is 397 g/mol. The number of nitriles is 1. The number of hydrogen-bond donors (Lipinski definition) is 1. The lowest BCUT2D eigenvalue weighted by molar-refractivity contribution is -0.142. The van der Waals surface area contributed by atoms with Crippen molar-refractivity contribution in [2.75, 3.05) is 0 Å². The minimum atomic E-state index is -0.827. The zero-order valence-corrected chi connectivity index (χ0v) is 18.0. The summed E-state index contributed by atoms with van der Waals surface area (Å²) in [5.41, 5.74) is 5.82. The molecule has 0 amide bonds. The molecule has 0 aliphatic carbocycles. The Bertz CT molecular complexity index is 914. The molecule has 0 spiro atoms. The molecule has 0 heterocycles. The Hall–Kier alpha value is -2.31. The summed E-state index contributed by atoms with van der Waals surface area (Å²) in [4.78, 5) is 11.8. The number of carboxylic acids is 1. The van der Waals surface area contributed by atoms with E-state index in [1.54, 1.807) is 13.0 Å². The van der Waals surface area contributed by atoms with E-state index in [-0.39, 0.29) is 11.8 Å². The zero-order valence-electron chi connectivity index (χ0n) is 17.2. The lowest BCUT2D eigenvalue weighted by atomic mass is 9.72. The molecule has 0 aromatic heterocycles. The Morgan fingerprint density at radius 3 is 2.46 bits per heavy atom. The Balaban J connectivity index is 2.81. The molecule has 0 saturated heterocycles. The smallest absolute Gasteiger partial charge is 0.306 e. The van der Waals surface area contributed by atoms with Crippen molar-refractivity contribution < 1.29 is 9.90 Å². The van der Waals surface area contributed by atoms with E-state index in [1.807, 2.05) is 39.0 Å². The average molecular weight is 398 g/mol. The molecule has 28 heavy (non-hydrogen) atoms. The first-order valence-corrected chi connectivity index (χ1v) is 10.1. The van der Waals surface area contributed by atoms with Crippen molar-refractivity contribution in [3.8, 4) is 6.07 Å². The van der Waals surface area contributed by atoms with E-state index in [1.165, 1.54) is 0 Å². The highest BCUT2D eigenvalue weighted by Crippen LogP contribution is 2.43. The van der Waals surface area contributed by atoms with Crippen LogP contribution in [0.5, 0.6) is 0 Å². The molecule has 3 nitrogen and oxygen atoms in total. The van der Waals surface area contributed by atoms with E-state index in [0.29, 0.717) is 10.6 Å². The van der Waals surface area contributed by atoms with Gasteiger partial charge in [-0.1, -0.05) is 50.9 Å². The van der Waals surface area contributed by atoms with Gasteiger partial charge in [0.2, 0.25) is 0 Å². The van der Waals surface area contributed by atoms with E-state index in [0.717, 1.165) is 40.7 Å². The highest BCUT2D eigenvalue weighted by atomic mass is 35.5. The molecule has 2 rings (SSSR count). The highest BCUT2D eigenvalue weighted by molar-refractivity contribution is 6.31. The summed E-state index contributed by atoms with van der Waals surface area (Å²) in [7, 11) is 0. The van der Waals surface area contributed by atoms with Crippen LogP contribution in [0.2, 0.25) is 5.02 Å². The van der Waals surface area contributed by atoms with Gasteiger partial charge >= 0.3 is 5.97 Å². The van der Waals surface area contributed by atoms with Gasteiger partial charge in [-0.25, -0.2) is 0 Å². The molecule has 0 aliphatic rings. The molecule has 0 bridgehead atoms. The second-order valence-electron chi connectivity index (χ2n) is 7.72. The maximum atomic E-state index is 11.8. The third kappa shape index (κ3) is 4.56. The number of carbonyl (C=O) groups is 1. The summed E-state index contributed by atoms with van der Waals surface area (Å²) in [5, 5.41) is 19.7. The molecule has 2 aromatic rings. The van der Waals surface area contributed by atoms with Crippen LogP contribution in [0.1, 0.15) is 66.5 Å². The SMILES string of the molecule is CCCc1cc(C)cc(Cl)c1C(c1cc(C#N)ccc1C)C(C)C(C)C(=O)O. The number of rotatable bonds is 7. The van der Waals surface area contributed by atoms with Gasteiger partial charge in [-0.2, -0.15) is 5.26 Å². The van der Waals surface area contributed by atoms with Crippen LogP contribution in [0.4, 0.5) is 0 Å². The molecule has 4 heteroatoms. The zero-order chi connectivity index (χ0) is 21.0. The van der Waals surface area contributed by atoms with Crippen LogP contribution >= 0.6 is 11.6 Å². The number of aryl methyl sites for hydroxylation is 3. The number of nitrogens with zero attached hydrogens (tertiary/aromatic N) is 1. The van der Waals surface area contributed by atoms with Crippen LogP contribution in [0.3, 0.4) is 0 Å². The summed E-state index contributed by atoms with van der Waals surface area (Å²) in [5.74, 6) is -1.77. The van der Waals surface area contributed by atoms with E-state index < -0.39 is 11.9 Å². The van der Waals surface area contributed by atoms with Crippen LogP contribution in [-0.4, -0.2) is 11.1 Å². The van der Waals surface area contributed by atoms with Gasteiger partial charge in [-0.05, 0) is 72.2 Å². The van der Waals surface area contributed by atoms with Crippen molar-refractivity contribution in [1.29, 1.82) is 5.26 Å². The first-order valence-electron chi connectivity index (χ1n) is 9.73. The van der Waals surface area contributed by atoms with Crippen molar-refractivity contribution in [2.24, 2.45) is 11.8 Å². The van der Waals surface area contributed by atoms with Gasteiger partial charge in [0.1, 0.15) is 0 Å². The Kier molecular flexibility index (Phi) is 7.27. The molecule has 0 radical (unpaired) electrons. The lowest BCUT2D eigenvalue weighted by Crippen LogP contribution is -2.26. The summed E-state index contributed by atoms with van der Waals surface area (Å²) in [6.45, 7) is 9.86. The topological polar surface area (TPSA) is 61.1 Å². The van der Waals surface area contributed by atoms with Crippen LogP contribution in [0, 0.1) is 37.0 Å². The maximum absolute atomic E-state index is 11.8. The third-order valence-corrected chi connectivity index (χ3v) is 5.95. The van der Waals surface area contributed by atoms with E-state index in [4.69, 9.17) is 11.6 Å². The number of carboxylic acid groups (broad SMARTS) is 1. The molecule has 2 aromatic carbocycles. The number of hydrogen-bond acceptors (Lipinski definition) is 2. The minimum Gasteiger partial charge on any atom is -0.481 e. The largest absolute Gasteiger partial charge is 0.481 e. The highest BCUT2D eigenvalue weighted by Gasteiger charge is 2.33. The second-order valence-corrected chi connectivity index (χ2v) is 8.12. The molecular weight excluding hydrogens is 370 g/mol. The average Bonchev–Trinajstić information content (AvgIpc) is 2.64. The molecule has 0 aliphatic heterocycles. The first kappa shape index (κ1) is 22.0. The molecular formula is C24H28ClNO2. The quantitative estimate of drug-likeness (QED) is 0.598. The fourth-order valence-electron chi connectivity index (χ4n) is 3.91. The fraction of sp³-hybridized carbons (Fsp3) is 0.417. The van der Waals surface area contributed by atoms with E-state index in [2.05, 4.69) is 19.1 Å². The Morgan fingerprint density at radius 1 is 1.21 bits per heavy atom. The van der Waals surface area contributed by atoms with Crippen LogP contribution < -0.4 is 0 Å². The van der Waals surface area contributed by atoms with E-state index >= 15 is 0 Å². The number of halogens is 1. The molecule has 0 saturated carbocycles. The summed E-state index contributed by atoms with van der Waals surface area (Å²) in [6.07, 6.45) is 1.85. The maximum Gasteiger partial charge on any atom is 0.306 e. The third-order valence-electron chi connectivity index (χ3n) is 5.64. The molecule has 1 N–H and O–H groups in total. The Labute approximate surface area is 173 Å². The molecule has 3 atom stereocenters. The summed E-state index contributed by atoms with van der Waals surface area (Å²) < 4.78 is 0. The van der Waals surface area contributed by atoms with Gasteiger partial charge < -0.3 is 5.11 Å². The summed E-state index contributed by atoms with van der Waals surface area (Å²) in [6, 6.07) is 11.9. The van der Waals surface area contributed by atoms with Crippen molar-refractivity contribution >= 4 is 17.6 Å². The fourth-order valence-corrected chi connectivity index (χ4v) is 4.32. The first-order chi connectivity index (χ1) is 13.2. The van der Waals surface area contributed by atoms with Gasteiger partial charge in [0, 0.05) is 10.9 Å². The number of benzene rings is 2. The summed E-state index contributed by atoms with van der Waals surface area (Å²) >= 11 is 6.76. The predicted octanol–water partition coefficient (Wildman–Crippen LogP) is 6.27. The van der Waals surface area contributed by atoms with Crippen molar-refractivity contribution in [3.63, 3.8) is 0 Å². The molecule has 0 fully saturated rings. The normalized spacial score (nSPS) is 14.2. The minimum absolute atomic E-state index is 0.194. The van der Waals surface area contributed by atoms with Gasteiger partial charge in [0.05, 0.1) is 17.6 Å². The second kappa shape index (κ2) is 9.26. The Morgan fingerprint density at radius 2 is 1.89 bits per heavy atom. The van der Waals surface area contributed by atoms with Crippen LogP contribution in [-0.2, 0) is 11.2 Å². The van der Waals surface area contributed by atoms with Crippen LogP contribution in [0.25, 0.3) is 0 Å². The molecule has 148 valence electrons. The van der Waals surface area contributed by atoms with Gasteiger partial charge in [0.15, 0.2) is 0 Å². The van der Waals surface area contributed by atoms with Crippen molar-refractivity contribution in [3.05, 3.63) is 68.7 Å². The standard InChI is InChI=1S/C24H28ClNO2/c1-6-7-19-10-14(2)11-21(25)23(19)22(16(4)17(5)24(27)28)20-12-18(13-26)9-8-15(20)3/h8-12,16-17,22H,6-7H2,1-5H3,(H,27,28). The van der Waals surface area contributed by atoms with Gasteiger partial charge in [0.25, 0.3) is 0 Å². The lowest BCUT2D eigenvalue weighted by Gasteiger charge is -2.32. The predicted molar refractivity (Wildman–Crippen MR) is 114 cm³/mol. The van der Waals surface area contributed by atoms with Crippen LogP contribution in [0.15, 0.2) is 30.3 Å². The van der Waals surface area contributed by atoms with E-state index in [9.17, 15) is 15.2 Å². The molecule has 3 unspecified atom stereocenters. The van der Waals surface area contributed by atoms with Crippen molar-refractivity contribution in [2.45, 2.75) is 53.4 Å². The van der Waals surface area contributed by atoms with Gasteiger partial charge in [-0.3, -0.25) is 4.79 Å². The number of aliphatic carboxylic acids is 1.